The highest BCUT2D eigenvalue weighted by atomic mass is 16.1. The summed E-state index contributed by atoms with van der Waals surface area (Å²) < 4.78 is 1.64. The predicted molar refractivity (Wildman–Crippen MR) is 69.9 cm³/mol. The number of guanidine groups is 1. The van der Waals surface area contributed by atoms with Crippen molar-refractivity contribution in [3.05, 3.63) is 46.9 Å². The lowest BCUT2D eigenvalue weighted by Gasteiger charge is -2.04. The molecule has 0 aromatic carbocycles. The van der Waals surface area contributed by atoms with Crippen molar-refractivity contribution in [3.8, 4) is 0 Å². The van der Waals surface area contributed by atoms with Gasteiger partial charge >= 0.3 is 0 Å². The van der Waals surface area contributed by atoms with Crippen LogP contribution in [-0.2, 0) is 13.1 Å². The quantitative estimate of drug-likeness (QED) is 0.441. The second-order valence-corrected chi connectivity index (χ2v) is 3.50. The van der Waals surface area contributed by atoms with Crippen LogP contribution in [0.1, 0.15) is 12.5 Å². The minimum absolute atomic E-state index is 0.0183. The summed E-state index contributed by atoms with van der Waals surface area (Å²) in [6, 6.07) is 3.60. The van der Waals surface area contributed by atoms with E-state index in [9.17, 15) is 4.79 Å². The van der Waals surface area contributed by atoms with Gasteiger partial charge in [0, 0.05) is 24.8 Å². The largest absolute Gasteiger partial charge is 0.370 e. The third-order valence-electron chi connectivity index (χ3n) is 2.29. The number of aliphatic imine (C=N–C) groups is 1. The van der Waals surface area contributed by atoms with E-state index in [0.717, 1.165) is 0 Å². The molecule has 1 rings (SSSR count). The van der Waals surface area contributed by atoms with E-state index in [1.165, 1.54) is 0 Å². The van der Waals surface area contributed by atoms with E-state index in [1.807, 2.05) is 13.0 Å². The van der Waals surface area contributed by atoms with Crippen molar-refractivity contribution >= 4 is 5.96 Å². The molecule has 0 aliphatic rings. The predicted octanol–water partition coefficient (Wildman–Crippen LogP) is 0.458. The molecule has 0 aliphatic carbocycles. The maximum atomic E-state index is 11.8. The van der Waals surface area contributed by atoms with E-state index in [4.69, 9.17) is 5.73 Å². The molecule has 5 heteroatoms. The summed E-state index contributed by atoms with van der Waals surface area (Å²) in [6.45, 7) is 6.99. The highest BCUT2D eigenvalue weighted by Crippen LogP contribution is 1.94. The second kappa shape index (κ2) is 6.52. The SMILES string of the molecule is C=CCNC(N)=NCc1cccn(CC)c1=O. The standard InChI is InChI=1S/C12H18N4O/c1-3-7-14-12(13)15-9-10-6-5-8-16(4-2)11(10)17/h3,5-6,8H,1,4,7,9H2,2H3,(H3,13,14,15). The van der Waals surface area contributed by atoms with Crippen LogP contribution in [-0.4, -0.2) is 17.1 Å². The first-order valence-corrected chi connectivity index (χ1v) is 5.52. The number of aromatic nitrogens is 1. The van der Waals surface area contributed by atoms with Crippen LogP contribution in [0.2, 0.25) is 0 Å². The van der Waals surface area contributed by atoms with Crippen molar-refractivity contribution in [2.45, 2.75) is 20.0 Å². The van der Waals surface area contributed by atoms with Gasteiger partial charge in [0.15, 0.2) is 5.96 Å². The van der Waals surface area contributed by atoms with E-state index >= 15 is 0 Å². The Bertz CT molecular complexity index is 462. The molecule has 92 valence electrons. The minimum Gasteiger partial charge on any atom is -0.370 e. The van der Waals surface area contributed by atoms with Gasteiger partial charge in [-0.3, -0.25) is 4.79 Å². The van der Waals surface area contributed by atoms with Crippen LogP contribution < -0.4 is 16.6 Å². The Balaban J connectivity index is 2.75. The van der Waals surface area contributed by atoms with E-state index in [-0.39, 0.29) is 12.1 Å². The lowest BCUT2D eigenvalue weighted by Crippen LogP contribution is -2.32. The van der Waals surface area contributed by atoms with Crippen molar-refractivity contribution in [1.82, 2.24) is 9.88 Å². The minimum atomic E-state index is -0.0183. The number of nitrogens with one attached hydrogen (secondary N) is 1. The van der Waals surface area contributed by atoms with Gasteiger partial charge in [0.2, 0.25) is 0 Å². The fourth-order valence-electron chi connectivity index (χ4n) is 1.36. The highest BCUT2D eigenvalue weighted by molar-refractivity contribution is 5.77. The normalized spacial score (nSPS) is 11.2. The van der Waals surface area contributed by atoms with Crippen LogP contribution >= 0.6 is 0 Å². The van der Waals surface area contributed by atoms with Crippen molar-refractivity contribution in [2.24, 2.45) is 10.7 Å². The Labute approximate surface area is 101 Å². The van der Waals surface area contributed by atoms with Gasteiger partial charge in [0.05, 0.1) is 6.54 Å². The third kappa shape index (κ3) is 3.79. The summed E-state index contributed by atoms with van der Waals surface area (Å²) in [5.41, 5.74) is 6.23. The van der Waals surface area contributed by atoms with Gasteiger partial charge in [-0.25, -0.2) is 4.99 Å². The molecule has 0 aliphatic heterocycles. The number of aryl methyl sites for hydroxylation is 1. The number of nitrogens with two attached hydrogens (primary N) is 1. The molecule has 17 heavy (non-hydrogen) atoms. The maximum absolute atomic E-state index is 11.8. The third-order valence-corrected chi connectivity index (χ3v) is 2.29. The molecule has 5 nitrogen and oxygen atoms in total. The average molecular weight is 234 g/mol. The number of pyridine rings is 1. The molecular formula is C12H18N4O. The number of hydrogen-bond acceptors (Lipinski definition) is 2. The van der Waals surface area contributed by atoms with E-state index in [0.29, 0.717) is 24.6 Å². The molecule has 0 fully saturated rings. The van der Waals surface area contributed by atoms with Crippen LogP contribution in [0.15, 0.2) is 40.8 Å². The second-order valence-electron chi connectivity index (χ2n) is 3.50. The van der Waals surface area contributed by atoms with Crippen LogP contribution in [0.5, 0.6) is 0 Å². The Morgan fingerprint density at radius 3 is 3.12 bits per heavy atom. The molecule has 0 amide bonds. The van der Waals surface area contributed by atoms with Gasteiger partial charge in [0.1, 0.15) is 0 Å². The molecule has 0 bridgehead atoms. The Hall–Kier alpha value is -2.04. The monoisotopic (exact) mass is 234 g/mol. The summed E-state index contributed by atoms with van der Waals surface area (Å²) >= 11 is 0. The zero-order valence-corrected chi connectivity index (χ0v) is 10.0. The molecule has 0 atom stereocenters. The Morgan fingerprint density at radius 2 is 2.47 bits per heavy atom. The maximum Gasteiger partial charge on any atom is 0.255 e. The number of rotatable bonds is 5. The van der Waals surface area contributed by atoms with Gasteiger partial charge in [-0.2, -0.15) is 0 Å². The summed E-state index contributed by atoms with van der Waals surface area (Å²) in [6.07, 6.45) is 3.45. The van der Waals surface area contributed by atoms with Gasteiger partial charge in [-0.05, 0) is 13.0 Å². The first-order chi connectivity index (χ1) is 8.19. The summed E-state index contributed by atoms with van der Waals surface area (Å²) in [4.78, 5) is 15.9. The molecule has 0 saturated heterocycles. The van der Waals surface area contributed by atoms with E-state index in [1.54, 1.807) is 22.9 Å². The highest BCUT2D eigenvalue weighted by Gasteiger charge is 2.00. The summed E-state index contributed by atoms with van der Waals surface area (Å²) in [5.74, 6) is 0.316. The van der Waals surface area contributed by atoms with Gasteiger partial charge < -0.3 is 15.6 Å². The first-order valence-electron chi connectivity index (χ1n) is 5.52. The zero-order valence-electron chi connectivity index (χ0n) is 10.0. The summed E-state index contributed by atoms with van der Waals surface area (Å²) in [7, 11) is 0. The molecule has 1 heterocycles. The number of nitrogens with zero attached hydrogens (tertiary/aromatic N) is 2. The van der Waals surface area contributed by atoms with Gasteiger partial charge in [-0.15, -0.1) is 6.58 Å². The molecule has 0 spiro atoms. The fraction of sp³-hybridized carbons (Fsp3) is 0.333. The molecule has 0 saturated carbocycles. The van der Waals surface area contributed by atoms with E-state index < -0.39 is 0 Å². The average Bonchev–Trinajstić information content (AvgIpc) is 2.35. The molecule has 0 unspecified atom stereocenters. The Morgan fingerprint density at radius 1 is 1.71 bits per heavy atom. The summed E-state index contributed by atoms with van der Waals surface area (Å²) in [5, 5.41) is 2.85. The van der Waals surface area contributed by atoms with Crippen LogP contribution in [0.3, 0.4) is 0 Å². The van der Waals surface area contributed by atoms with E-state index in [2.05, 4.69) is 16.9 Å². The molecular weight excluding hydrogens is 216 g/mol. The van der Waals surface area contributed by atoms with Gasteiger partial charge in [0.25, 0.3) is 5.56 Å². The molecule has 3 N–H and O–H groups in total. The van der Waals surface area contributed by atoms with Crippen molar-refractivity contribution in [2.75, 3.05) is 6.54 Å². The first kappa shape index (κ1) is 13.0. The number of hydrogen-bond donors (Lipinski definition) is 2. The fourth-order valence-corrected chi connectivity index (χ4v) is 1.36. The van der Waals surface area contributed by atoms with Gasteiger partial charge in [-0.1, -0.05) is 12.1 Å². The molecule has 0 radical (unpaired) electrons. The lowest BCUT2D eigenvalue weighted by molar-refractivity contribution is 0.714. The van der Waals surface area contributed by atoms with Crippen molar-refractivity contribution in [3.63, 3.8) is 0 Å². The molecule has 1 aromatic heterocycles. The Kier molecular flexibility index (Phi) is 5.00. The van der Waals surface area contributed by atoms with Crippen LogP contribution in [0, 0.1) is 0 Å². The smallest absolute Gasteiger partial charge is 0.255 e. The lowest BCUT2D eigenvalue weighted by atomic mass is 10.3. The van der Waals surface area contributed by atoms with Crippen LogP contribution in [0.25, 0.3) is 0 Å². The van der Waals surface area contributed by atoms with Crippen LogP contribution in [0.4, 0.5) is 0 Å². The topological polar surface area (TPSA) is 72.4 Å². The zero-order chi connectivity index (χ0) is 12.7. The van der Waals surface area contributed by atoms with Crippen molar-refractivity contribution < 1.29 is 0 Å². The molecule has 1 aromatic rings. The van der Waals surface area contributed by atoms with Crippen molar-refractivity contribution in [1.29, 1.82) is 0 Å².